The van der Waals surface area contributed by atoms with Gasteiger partial charge < -0.3 is 15.0 Å². The first-order valence-electron chi connectivity index (χ1n) is 8.31. The molecule has 1 aromatic rings. The second-order valence-electron chi connectivity index (χ2n) is 6.18. The average Bonchev–Trinajstić information content (AvgIpc) is 2.55. The molecule has 2 amide bonds. The number of amides is 2. The molecule has 6 heteroatoms. The van der Waals surface area contributed by atoms with Gasteiger partial charge in [0, 0.05) is 26.6 Å². The Hall–Kier alpha value is -1.95. The number of rotatable bonds is 6. The van der Waals surface area contributed by atoms with E-state index in [9.17, 15) is 14.0 Å². The predicted molar refractivity (Wildman–Crippen MR) is 88.9 cm³/mol. The molecule has 132 valence electrons. The third-order valence-corrected chi connectivity index (χ3v) is 4.37. The molecule has 0 aliphatic carbocycles. The molecule has 1 aliphatic heterocycles. The van der Waals surface area contributed by atoms with E-state index in [1.165, 1.54) is 19.1 Å². The zero-order valence-electron chi connectivity index (χ0n) is 14.3. The molecule has 1 aliphatic rings. The number of hydrogen-bond donors (Lipinski definition) is 1. The Kier molecular flexibility index (Phi) is 6.73. The number of piperidine rings is 1. The van der Waals surface area contributed by atoms with E-state index < -0.39 is 0 Å². The third-order valence-electron chi connectivity index (χ3n) is 4.37. The molecule has 0 saturated carbocycles. The molecular formula is C18H25FN2O3. The van der Waals surface area contributed by atoms with Crippen molar-refractivity contribution >= 4 is 11.8 Å². The number of nitrogens with one attached hydrogen (secondary N) is 1. The van der Waals surface area contributed by atoms with Gasteiger partial charge in [-0.05, 0) is 37.0 Å². The normalized spacial score (nSPS) is 20.7. The van der Waals surface area contributed by atoms with Crippen LogP contribution in [0.4, 0.5) is 4.39 Å². The highest BCUT2D eigenvalue weighted by Gasteiger charge is 2.34. The first kappa shape index (κ1) is 18.4. The predicted octanol–water partition coefficient (Wildman–Crippen LogP) is 1.90. The van der Waals surface area contributed by atoms with E-state index in [1.807, 2.05) is 4.90 Å². The van der Waals surface area contributed by atoms with Crippen LogP contribution >= 0.6 is 0 Å². The highest BCUT2D eigenvalue weighted by Crippen LogP contribution is 2.23. The molecule has 1 aromatic carbocycles. The second-order valence-corrected chi connectivity index (χ2v) is 6.18. The Morgan fingerprint density at radius 3 is 2.67 bits per heavy atom. The number of nitrogens with zero attached hydrogens (tertiary/aromatic N) is 1. The van der Waals surface area contributed by atoms with Gasteiger partial charge in [-0.15, -0.1) is 0 Å². The molecule has 0 bridgehead atoms. The molecule has 24 heavy (non-hydrogen) atoms. The lowest BCUT2D eigenvalue weighted by Gasteiger charge is -2.42. The van der Waals surface area contributed by atoms with Crippen molar-refractivity contribution in [2.75, 3.05) is 20.3 Å². The molecule has 2 rings (SSSR count). The first-order valence-corrected chi connectivity index (χ1v) is 8.31. The van der Waals surface area contributed by atoms with E-state index >= 15 is 0 Å². The molecule has 5 nitrogen and oxygen atoms in total. The van der Waals surface area contributed by atoms with Gasteiger partial charge in [0.2, 0.25) is 11.8 Å². The molecule has 2 atom stereocenters. The lowest BCUT2D eigenvalue weighted by molar-refractivity contribution is -0.137. The fourth-order valence-corrected chi connectivity index (χ4v) is 3.24. The topological polar surface area (TPSA) is 58.6 Å². The molecule has 1 N–H and O–H groups in total. The molecule has 0 spiro atoms. The minimum Gasteiger partial charge on any atom is -0.384 e. The first-order chi connectivity index (χ1) is 11.5. The van der Waals surface area contributed by atoms with Gasteiger partial charge in [-0.3, -0.25) is 9.59 Å². The molecule has 0 radical (unpaired) electrons. The third kappa shape index (κ3) is 5.03. The monoisotopic (exact) mass is 336 g/mol. The van der Waals surface area contributed by atoms with Gasteiger partial charge in [-0.2, -0.15) is 0 Å². The highest BCUT2D eigenvalue weighted by molar-refractivity contribution is 5.77. The van der Waals surface area contributed by atoms with Crippen LogP contribution in [0.1, 0.15) is 31.7 Å². The summed E-state index contributed by atoms with van der Waals surface area (Å²) >= 11 is 0. The number of ether oxygens (including phenoxy) is 1. The number of carbonyl (C=O) groups excluding carboxylic acids is 2. The summed E-state index contributed by atoms with van der Waals surface area (Å²) in [7, 11) is 1.57. The molecule has 0 aromatic heterocycles. The van der Waals surface area contributed by atoms with Crippen molar-refractivity contribution in [2.24, 2.45) is 0 Å². The van der Waals surface area contributed by atoms with Crippen LogP contribution in [-0.4, -0.2) is 49.1 Å². The molecule has 1 heterocycles. The van der Waals surface area contributed by atoms with Crippen LogP contribution in [0, 0.1) is 5.82 Å². The SMILES string of the molecule is COCCC(=O)N1CCC[C@H](NC(C)=O)[C@@H]1Cc1ccc(F)cc1. The van der Waals surface area contributed by atoms with Gasteiger partial charge in [0.25, 0.3) is 0 Å². The zero-order chi connectivity index (χ0) is 17.5. The fraction of sp³-hybridized carbons (Fsp3) is 0.556. The lowest BCUT2D eigenvalue weighted by Crippen LogP contribution is -2.57. The molecule has 1 saturated heterocycles. The molecule has 0 unspecified atom stereocenters. The molecular weight excluding hydrogens is 311 g/mol. The van der Waals surface area contributed by atoms with Crippen molar-refractivity contribution in [1.29, 1.82) is 0 Å². The van der Waals surface area contributed by atoms with E-state index in [0.717, 1.165) is 18.4 Å². The van der Waals surface area contributed by atoms with Gasteiger partial charge in [-0.25, -0.2) is 4.39 Å². The maximum Gasteiger partial charge on any atom is 0.225 e. The maximum absolute atomic E-state index is 13.1. The van der Waals surface area contributed by atoms with Gasteiger partial charge in [0.1, 0.15) is 5.82 Å². The standard InChI is InChI=1S/C18H25FN2O3/c1-13(22)20-16-4-3-10-21(18(23)9-11-24-2)17(16)12-14-5-7-15(19)8-6-14/h5-8,16-17H,3-4,9-12H2,1-2H3,(H,20,22)/t16-,17-/m0/s1. The van der Waals surface area contributed by atoms with E-state index in [0.29, 0.717) is 26.0 Å². The Bertz CT molecular complexity index is 562. The van der Waals surface area contributed by atoms with Crippen LogP contribution < -0.4 is 5.32 Å². The second kappa shape index (κ2) is 8.78. The van der Waals surface area contributed by atoms with Gasteiger partial charge in [0.15, 0.2) is 0 Å². The minimum atomic E-state index is -0.283. The summed E-state index contributed by atoms with van der Waals surface area (Å²) in [5.41, 5.74) is 0.947. The maximum atomic E-state index is 13.1. The Morgan fingerprint density at radius 1 is 1.33 bits per heavy atom. The summed E-state index contributed by atoms with van der Waals surface area (Å²) < 4.78 is 18.1. The van der Waals surface area contributed by atoms with Gasteiger partial charge in [-0.1, -0.05) is 12.1 Å². The van der Waals surface area contributed by atoms with E-state index in [1.54, 1.807) is 19.2 Å². The Morgan fingerprint density at radius 2 is 2.04 bits per heavy atom. The number of carbonyl (C=O) groups is 2. The highest BCUT2D eigenvalue weighted by atomic mass is 19.1. The van der Waals surface area contributed by atoms with Crippen molar-refractivity contribution in [1.82, 2.24) is 10.2 Å². The van der Waals surface area contributed by atoms with Gasteiger partial charge in [0.05, 0.1) is 19.1 Å². The summed E-state index contributed by atoms with van der Waals surface area (Å²) in [5.74, 6) is -0.358. The van der Waals surface area contributed by atoms with E-state index in [4.69, 9.17) is 4.74 Å². The van der Waals surface area contributed by atoms with Gasteiger partial charge >= 0.3 is 0 Å². The van der Waals surface area contributed by atoms with E-state index in [-0.39, 0.29) is 29.7 Å². The van der Waals surface area contributed by atoms with Crippen LogP contribution in [-0.2, 0) is 20.7 Å². The molecule has 1 fully saturated rings. The smallest absolute Gasteiger partial charge is 0.225 e. The van der Waals surface area contributed by atoms with Crippen LogP contribution in [0.15, 0.2) is 24.3 Å². The summed E-state index contributed by atoms with van der Waals surface area (Å²) in [5, 5.41) is 2.97. The van der Waals surface area contributed by atoms with Crippen molar-refractivity contribution in [3.63, 3.8) is 0 Å². The van der Waals surface area contributed by atoms with Crippen molar-refractivity contribution in [3.8, 4) is 0 Å². The minimum absolute atomic E-state index is 0.0269. The zero-order valence-corrected chi connectivity index (χ0v) is 14.3. The van der Waals surface area contributed by atoms with E-state index in [2.05, 4.69) is 5.32 Å². The Labute approximate surface area is 142 Å². The van der Waals surface area contributed by atoms with Crippen LogP contribution in [0.3, 0.4) is 0 Å². The largest absolute Gasteiger partial charge is 0.384 e. The van der Waals surface area contributed by atoms with Crippen molar-refractivity contribution < 1.29 is 18.7 Å². The van der Waals surface area contributed by atoms with Crippen molar-refractivity contribution in [2.45, 2.75) is 44.7 Å². The number of hydrogen-bond acceptors (Lipinski definition) is 3. The Balaban J connectivity index is 2.17. The number of halogens is 1. The van der Waals surface area contributed by atoms with Crippen LogP contribution in [0.25, 0.3) is 0 Å². The number of methoxy groups -OCH3 is 1. The summed E-state index contributed by atoms with van der Waals surface area (Å²) in [6.07, 6.45) is 2.59. The number of benzene rings is 1. The average molecular weight is 336 g/mol. The van der Waals surface area contributed by atoms with Crippen LogP contribution in [0.5, 0.6) is 0 Å². The summed E-state index contributed by atoms with van der Waals surface area (Å²) in [6, 6.07) is 6.08. The lowest BCUT2D eigenvalue weighted by atomic mass is 9.90. The van der Waals surface area contributed by atoms with Crippen LogP contribution in [0.2, 0.25) is 0 Å². The fourth-order valence-electron chi connectivity index (χ4n) is 3.24. The van der Waals surface area contributed by atoms with Crippen molar-refractivity contribution in [3.05, 3.63) is 35.6 Å². The quantitative estimate of drug-likeness (QED) is 0.863. The summed E-state index contributed by atoms with van der Waals surface area (Å²) in [4.78, 5) is 25.9. The number of likely N-dealkylation sites (tertiary alicyclic amines) is 1. The summed E-state index contributed by atoms with van der Waals surface area (Å²) in [6.45, 7) is 2.54.